The number of nitrogens with zero attached hydrogens (tertiary/aromatic N) is 2. The van der Waals surface area contributed by atoms with Crippen LogP contribution in [-0.2, 0) is 10.2 Å². The summed E-state index contributed by atoms with van der Waals surface area (Å²) in [5.74, 6) is 0.325. The van der Waals surface area contributed by atoms with Gasteiger partial charge in [0.1, 0.15) is 5.01 Å². The molecule has 0 unspecified atom stereocenters. The number of hydrogen-bond donors (Lipinski definition) is 2. The number of anilines is 1. The molecule has 24 heavy (non-hydrogen) atoms. The Morgan fingerprint density at radius 2 is 2.04 bits per heavy atom. The Hall–Kier alpha value is -1.79. The molecule has 2 atom stereocenters. The van der Waals surface area contributed by atoms with Gasteiger partial charge >= 0.3 is 0 Å². The summed E-state index contributed by atoms with van der Waals surface area (Å²) in [4.78, 5) is 12.5. The molecule has 1 aliphatic carbocycles. The van der Waals surface area contributed by atoms with Crippen LogP contribution in [0, 0.1) is 11.8 Å². The first-order chi connectivity index (χ1) is 11.5. The second kappa shape index (κ2) is 6.99. The number of carbonyl (C=O) groups excluding carboxylic acids is 1. The highest BCUT2D eigenvalue weighted by Crippen LogP contribution is 2.36. The molecule has 1 amide bonds. The maximum absolute atomic E-state index is 12.5. The van der Waals surface area contributed by atoms with Gasteiger partial charge in [0.2, 0.25) is 11.0 Å². The van der Waals surface area contributed by atoms with E-state index in [9.17, 15) is 4.79 Å². The Kier molecular flexibility index (Phi) is 4.96. The van der Waals surface area contributed by atoms with Gasteiger partial charge in [-0.3, -0.25) is 4.79 Å². The van der Waals surface area contributed by atoms with Gasteiger partial charge in [-0.15, -0.1) is 10.2 Å². The Balaban J connectivity index is 1.73. The topological polar surface area (TPSA) is 80.9 Å². The lowest BCUT2D eigenvalue weighted by atomic mass is 9.85. The minimum atomic E-state index is -0.241. The third-order valence-corrected chi connectivity index (χ3v) is 6.15. The zero-order valence-electron chi connectivity index (χ0n) is 14.2. The lowest BCUT2D eigenvalue weighted by molar-refractivity contribution is -0.120. The first-order valence-corrected chi connectivity index (χ1v) is 9.24. The molecule has 2 aromatic rings. The van der Waals surface area contributed by atoms with Crippen molar-refractivity contribution < 1.29 is 4.79 Å². The quantitative estimate of drug-likeness (QED) is 0.873. The summed E-state index contributed by atoms with van der Waals surface area (Å²) >= 11 is 1.45. The highest BCUT2D eigenvalue weighted by Gasteiger charge is 2.33. The Labute approximate surface area is 146 Å². The van der Waals surface area contributed by atoms with Crippen LogP contribution >= 0.6 is 11.3 Å². The maximum atomic E-state index is 12.5. The molecule has 6 heteroatoms. The normalized spacial score (nSPS) is 21.0. The molecule has 1 aliphatic rings. The van der Waals surface area contributed by atoms with Crippen LogP contribution in [0.3, 0.4) is 0 Å². The SMILES string of the molecule is CC(C)(c1ccccc1)c1nnc(NC(=O)[C@@H]2CCC[C@@H]2CN)s1. The number of carbonyl (C=O) groups is 1. The number of aromatic nitrogens is 2. The fraction of sp³-hybridized carbons (Fsp3) is 0.500. The van der Waals surface area contributed by atoms with Crippen LogP contribution in [0.1, 0.15) is 43.7 Å². The van der Waals surface area contributed by atoms with Crippen LogP contribution in [0.4, 0.5) is 5.13 Å². The lowest BCUT2D eigenvalue weighted by Gasteiger charge is -2.21. The van der Waals surface area contributed by atoms with Crippen molar-refractivity contribution in [2.45, 2.75) is 38.5 Å². The van der Waals surface area contributed by atoms with E-state index in [-0.39, 0.29) is 23.2 Å². The van der Waals surface area contributed by atoms with Crippen molar-refractivity contribution in [3.05, 3.63) is 40.9 Å². The number of nitrogens with two attached hydrogens (primary N) is 1. The molecule has 1 aromatic heterocycles. The predicted octanol–water partition coefficient (Wildman–Crippen LogP) is 3.18. The van der Waals surface area contributed by atoms with E-state index in [1.807, 2.05) is 18.2 Å². The van der Waals surface area contributed by atoms with E-state index in [4.69, 9.17) is 5.73 Å². The second-order valence-electron chi connectivity index (χ2n) is 6.93. The van der Waals surface area contributed by atoms with E-state index >= 15 is 0 Å². The highest BCUT2D eigenvalue weighted by molar-refractivity contribution is 7.15. The monoisotopic (exact) mass is 344 g/mol. The van der Waals surface area contributed by atoms with Gasteiger partial charge in [0.05, 0.1) is 0 Å². The summed E-state index contributed by atoms with van der Waals surface area (Å²) in [6.07, 6.45) is 3.02. The molecule has 3 rings (SSSR count). The van der Waals surface area contributed by atoms with E-state index < -0.39 is 0 Å². The lowest BCUT2D eigenvalue weighted by Crippen LogP contribution is -2.29. The van der Waals surface area contributed by atoms with E-state index in [1.54, 1.807) is 0 Å². The summed E-state index contributed by atoms with van der Waals surface area (Å²) in [6.45, 7) is 4.81. The molecule has 1 fully saturated rings. The van der Waals surface area contributed by atoms with Crippen molar-refractivity contribution >= 4 is 22.4 Å². The standard InChI is InChI=1S/C18H24N4OS/c1-18(2,13-8-4-3-5-9-13)16-21-22-17(24-16)20-15(23)14-10-6-7-12(14)11-19/h3-5,8-9,12,14H,6-7,10-11,19H2,1-2H3,(H,20,22,23)/t12-,14-/m1/s1. The first kappa shape index (κ1) is 17.0. The van der Waals surface area contributed by atoms with Gasteiger partial charge in [0.25, 0.3) is 0 Å². The van der Waals surface area contributed by atoms with E-state index in [1.165, 1.54) is 16.9 Å². The molecule has 0 bridgehead atoms. The van der Waals surface area contributed by atoms with Crippen LogP contribution in [0.25, 0.3) is 0 Å². The van der Waals surface area contributed by atoms with Crippen molar-refractivity contribution in [1.82, 2.24) is 10.2 Å². The third kappa shape index (κ3) is 3.35. The van der Waals surface area contributed by atoms with Crippen LogP contribution in [0.2, 0.25) is 0 Å². The van der Waals surface area contributed by atoms with Gasteiger partial charge in [-0.05, 0) is 44.7 Å². The summed E-state index contributed by atoms with van der Waals surface area (Å²) in [7, 11) is 0. The molecule has 1 saturated carbocycles. The summed E-state index contributed by atoms with van der Waals surface area (Å²) < 4.78 is 0. The van der Waals surface area contributed by atoms with Crippen molar-refractivity contribution in [1.29, 1.82) is 0 Å². The van der Waals surface area contributed by atoms with Crippen molar-refractivity contribution in [3.63, 3.8) is 0 Å². The molecule has 0 saturated heterocycles. The molecule has 0 radical (unpaired) electrons. The molecule has 0 spiro atoms. The number of hydrogen-bond acceptors (Lipinski definition) is 5. The average molecular weight is 344 g/mol. The Bertz CT molecular complexity index is 698. The zero-order valence-corrected chi connectivity index (χ0v) is 15.0. The van der Waals surface area contributed by atoms with Gasteiger partial charge in [-0.25, -0.2) is 0 Å². The molecule has 3 N–H and O–H groups in total. The van der Waals surface area contributed by atoms with E-state index in [0.717, 1.165) is 24.3 Å². The molecule has 1 aromatic carbocycles. The molecule has 0 aliphatic heterocycles. The molecular weight excluding hydrogens is 320 g/mol. The fourth-order valence-corrected chi connectivity index (χ4v) is 4.24. The van der Waals surface area contributed by atoms with Crippen molar-refractivity contribution in [2.75, 3.05) is 11.9 Å². The minimum absolute atomic E-state index is 0.00415. The van der Waals surface area contributed by atoms with Gasteiger partial charge in [-0.1, -0.05) is 48.1 Å². The van der Waals surface area contributed by atoms with Crippen LogP contribution < -0.4 is 11.1 Å². The second-order valence-corrected chi connectivity index (χ2v) is 7.90. The number of rotatable bonds is 5. The number of amides is 1. The summed E-state index contributed by atoms with van der Waals surface area (Å²) in [5.41, 5.74) is 6.71. The highest BCUT2D eigenvalue weighted by atomic mass is 32.1. The number of nitrogens with one attached hydrogen (secondary N) is 1. The van der Waals surface area contributed by atoms with Crippen LogP contribution in [0.5, 0.6) is 0 Å². The number of benzene rings is 1. The maximum Gasteiger partial charge on any atom is 0.229 e. The average Bonchev–Trinajstić information content (AvgIpc) is 3.24. The minimum Gasteiger partial charge on any atom is -0.330 e. The van der Waals surface area contributed by atoms with E-state index in [2.05, 4.69) is 41.5 Å². The third-order valence-electron chi connectivity index (χ3n) is 4.98. The molecule has 5 nitrogen and oxygen atoms in total. The molecule has 1 heterocycles. The Morgan fingerprint density at radius 3 is 2.75 bits per heavy atom. The van der Waals surface area contributed by atoms with Crippen molar-refractivity contribution in [2.24, 2.45) is 17.6 Å². The van der Waals surface area contributed by atoms with Crippen LogP contribution in [0.15, 0.2) is 30.3 Å². The summed E-state index contributed by atoms with van der Waals surface area (Å²) in [6, 6.07) is 10.2. The first-order valence-electron chi connectivity index (χ1n) is 8.43. The molecular formula is C18H24N4OS. The smallest absolute Gasteiger partial charge is 0.229 e. The van der Waals surface area contributed by atoms with Gasteiger partial charge in [-0.2, -0.15) is 0 Å². The predicted molar refractivity (Wildman–Crippen MR) is 97.0 cm³/mol. The zero-order chi connectivity index (χ0) is 17.2. The molecule has 128 valence electrons. The fourth-order valence-electron chi connectivity index (χ4n) is 3.37. The van der Waals surface area contributed by atoms with Gasteiger partial charge < -0.3 is 11.1 Å². The summed E-state index contributed by atoms with van der Waals surface area (Å²) in [5, 5.41) is 12.9. The van der Waals surface area contributed by atoms with Gasteiger partial charge in [0.15, 0.2) is 0 Å². The van der Waals surface area contributed by atoms with E-state index in [0.29, 0.717) is 11.7 Å². The largest absolute Gasteiger partial charge is 0.330 e. The Morgan fingerprint density at radius 1 is 1.29 bits per heavy atom. The van der Waals surface area contributed by atoms with Gasteiger partial charge in [0, 0.05) is 11.3 Å². The van der Waals surface area contributed by atoms with Crippen molar-refractivity contribution in [3.8, 4) is 0 Å². The van der Waals surface area contributed by atoms with Crippen LogP contribution in [-0.4, -0.2) is 22.6 Å².